The van der Waals surface area contributed by atoms with E-state index in [1.165, 1.54) is 0 Å². The molecule has 0 unspecified atom stereocenters. The number of aryl methyl sites for hydroxylation is 2. The second-order valence-corrected chi connectivity index (χ2v) is 2.77. The molecule has 0 saturated heterocycles. The highest BCUT2D eigenvalue weighted by atomic mass is 15.3. The van der Waals surface area contributed by atoms with E-state index in [0.717, 1.165) is 5.69 Å². The number of aromatic nitrogens is 2. The molecule has 6 N–H and O–H groups in total. The number of nitrogens with zero attached hydrogens (tertiary/aromatic N) is 4. The van der Waals surface area contributed by atoms with Crippen molar-refractivity contribution in [2.24, 2.45) is 34.2 Å². The van der Waals surface area contributed by atoms with Crippen LogP contribution >= 0.6 is 0 Å². The molecule has 1 aromatic heterocycles. The second-order valence-electron chi connectivity index (χ2n) is 2.77. The molecular weight excluding hydrogens is 182 g/mol. The van der Waals surface area contributed by atoms with Crippen molar-refractivity contribution >= 4 is 17.7 Å². The number of hydrogen-bond acceptors (Lipinski definition) is 2. The van der Waals surface area contributed by atoms with Crippen molar-refractivity contribution < 1.29 is 0 Å². The van der Waals surface area contributed by atoms with Gasteiger partial charge in [-0.15, -0.1) is 0 Å². The highest BCUT2D eigenvalue weighted by molar-refractivity contribution is 5.93. The molecular formula is C7H13N7. The molecule has 1 aromatic rings. The molecule has 0 aliphatic carbocycles. The number of hydrogen-bond donors (Lipinski definition) is 3. The fraction of sp³-hybridized carbons (Fsp3) is 0.286. The van der Waals surface area contributed by atoms with E-state index >= 15 is 0 Å². The smallest absolute Gasteiger partial charge is 0.225 e. The first-order chi connectivity index (χ1) is 6.49. The topological polar surface area (TPSA) is 121 Å². The average molecular weight is 195 g/mol. The first kappa shape index (κ1) is 10.0. The Morgan fingerprint density at radius 3 is 2.50 bits per heavy atom. The molecule has 0 aromatic carbocycles. The molecule has 0 saturated carbocycles. The Bertz CT molecular complexity index is 363. The summed E-state index contributed by atoms with van der Waals surface area (Å²) in [6.45, 7) is 1.91. The number of aliphatic imine (C=N–C) groups is 2. The summed E-state index contributed by atoms with van der Waals surface area (Å²) in [4.78, 5) is 7.46. The lowest BCUT2D eigenvalue weighted by atomic mass is 10.5. The molecule has 0 atom stereocenters. The van der Waals surface area contributed by atoms with Crippen molar-refractivity contribution in [3.05, 3.63) is 11.8 Å². The minimum absolute atomic E-state index is 0.0110. The second kappa shape index (κ2) is 3.77. The predicted octanol–water partition coefficient (Wildman–Crippen LogP) is -1.05. The third-order valence-electron chi connectivity index (χ3n) is 1.57. The predicted molar refractivity (Wildman–Crippen MR) is 55.0 cm³/mol. The van der Waals surface area contributed by atoms with Crippen molar-refractivity contribution in [3.63, 3.8) is 0 Å². The maximum absolute atomic E-state index is 5.42. The van der Waals surface area contributed by atoms with Crippen LogP contribution in [0.3, 0.4) is 0 Å². The molecule has 0 radical (unpaired) electrons. The fourth-order valence-corrected chi connectivity index (χ4v) is 0.871. The summed E-state index contributed by atoms with van der Waals surface area (Å²) >= 11 is 0. The van der Waals surface area contributed by atoms with Gasteiger partial charge in [0.15, 0.2) is 11.8 Å². The Labute approximate surface area is 81.3 Å². The zero-order valence-electron chi connectivity index (χ0n) is 8.10. The van der Waals surface area contributed by atoms with E-state index in [-0.39, 0.29) is 11.9 Å². The number of nitrogens with two attached hydrogens (primary N) is 3. The van der Waals surface area contributed by atoms with E-state index < -0.39 is 0 Å². The molecule has 0 bridgehead atoms. The van der Waals surface area contributed by atoms with Gasteiger partial charge in [-0.1, -0.05) is 0 Å². The van der Waals surface area contributed by atoms with E-state index in [1.807, 2.05) is 14.0 Å². The molecule has 14 heavy (non-hydrogen) atoms. The van der Waals surface area contributed by atoms with Crippen LogP contribution in [-0.4, -0.2) is 21.7 Å². The monoisotopic (exact) mass is 195 g/mol. The normalized spacial score (nSPS) is 11.4. The van der Waals surface area contributed by atoms with Gasteiger partial charge >= 0.3 is 0 Å². The summed E-state index contributed by atoms with van der Waals surface area (Å²) in [6.07, 6.45) is 0. The maximum atomic E-state index is 5.42. The van der Waals surface area contributed by atoms with Crippen molar-refractivity contribution in [1.29, 1.82) is 0 Å². The zero-order chi connectivity index (χ0) is 10.7. The van der Waals surface area contributed by atoms with Crippen molar-refractivity contribution in [1.82, 2.24) is 9.78 Å². The average Bonchev–Trinajstić information content (AvgIpc) is 2.28. The minimum Gasteiger partial charge on any atom is -0.370 e. The highest BCUT2D eigenvalue weighted by Crippen LogP contribution is 2.10. The molecule has 0 spiro atoms. The zero-order valence-corrected chi connectivity index (χ0v) is 8.10. The standard InChI is InChI=1S/C7H13N7/c1-4-3-5(13-14(4)2)11-7(10)12-6(8)9/h3H,1-2H3,(H6,8,9,10,11,12,13). The Hall–Kier alpha value is -2.05. The van der Waals surface area contributed by atoms with Gasteiger partial charge in [0, 0.05) is 18.8 Å². The summed E-state index contributed by atoms with van der Waals surface area (Å²) < 4.78 is 1.68. The number of guanidine groups is 2. The van der Waals surface area contributed by atoms with Crippen LogP contribution in [0.15, 0.2) is 16.1 Å². The van der Waals surface area contributed by atoms with Crippen LogP contribution in [-0.2, 0) is 7.05 Å². The molecule has 7 heteroatoms. The van der Waals surface area contributed by atoms with E-state index in [1.54, 1.807) is 10.7 Å². The van der Waals surface area contributed by atoms with Gasteiger partial charge < -0.3 is 17.2 Å². The lowest BCUT2D eigenvalue weighted by Gasteiger charge is -1.91. The van der Waals surface area contributed by atoms with Crippen LogP contribution in [0.4, 0.5) is 5.82 Å². The molecule has 1 rings (SSSR count). The third-order valence-corrected chi connectivity index (χ3v) is 1.57. The third kappa shape index (κ3) is 2.47. The van der Waals surface area contributed by atoms with Gasteiger partial charge in [0.25, 0.3) is 0 Å². The maximum Gasteiger partial charge on any atom is 0.225 e. The quantitative estimate of drug-likeness (QED) is 0.391. The molecule has 0 aliphatic rings. The molecule has 76 valence electrons. The molecule has 0 fully saturated rings. The minimum atomic E-state index is -0.126. The van der Waals surface area contributed by atoms with Crippen LogP contribution < -0.4 is 17.2 Å². The van der Waals surface area contributed by atoms with Crippen LogP contribution in [0.2, 0.25) is 0 Å². The largest absolute Gasteiger partial charge is 0.370 e. The van der Waals surface area contributed by atoms with Crippen LogP contribution in [0.25, 0.3) is 0 Å². The van der Waals surface area contributed by atoms with Crippen LogP contribution in [0.5, 0.6) is 0 Å². The Morgan fingerprint density at radius 2 is 2.07 bits per heavy atom. The summed E-state index contributed by atoms with van der Waals surface area (Å²) in [5.41, 5.74) is 16.6. The van der Waals surface area contributed by atoms with Crippen molar-refractivity contribution in [2.75, 3.05) is 0 Å². The van der Waals surface area contributed by atoms with Crippen LogP contribution in [0, 0.1) is 6.92 Å². The number of rotatable bonds is 1. The Morgan fingerprint density at radius 1 is 1.43 bits per heavy atom. The fourth-order valence-electron chi connectivity index (χ4n) is 0.871. The van der Waals surface area contributed by atoms with E-state index in [0.29, 0.717) is 5.82 Å². The molecule has 7 nitrogen and oxygen atoms in total. The molecule has 1 heterocycles. The van der Waals surface area contributed by atoms with Gasteiger partial charge in [-0.05, 0) is 6.92 Å². The van der Waals surface area contributed by atoms with Gasteiger partial charge in [0.2, 0.25) is 5.96 Å². The first-order valence-electron chi connectivity index (χ1n) is 3.93. The SMILES string of the molecule is Cc1cc(N=C(N)N=C(N)N)nn1C. The Kier molecular flexibility index (Phi) is 2.70. The lowest BCUT2D eigenvalue weighted by Crippen LogP contribution is -2.26. The van der Waals surface area contributed by atoms with Gasteiger partial charge in [-0.3, -0.25) is 4.68 Å². The summed E-state index contributed by atoms with van der Waals surface area (Å²) in [5.74, 6) is 0.342. The van der Waals surface area contributed by atoms with Crippen molar-refractivity contribution in [3.8, 4) is 0 Å². The molecule has 0 amide bonds. The summed E-state index contributed by atoms with van der Waals surface area (Å²) in [5, 5.41) is 4.06. The lowest BCUT2D eigenvalue weighted by molar-refractivity contribution is 0.741. The summed E-state index contributed by atoms with van der Waals surface area (Å²) in [7, 11) is 1.81. The van der Waals surface area contributed by atoms with E-state index in [2.05, 4.69) is 15.1 Å². The van der Waals surface area contributed by atoms with Crippen molar-refractivity contribution in [2.45, 2.75) is 6.92 Å². The van der Waals surface area contributed by atoms with Gasteiger partial charge in [0.05, 0.1) is 0 Å². The highest BCUT2D eigenvalue weighted by Gasteiger charge is 1.99. The van der Waals surface area contributed by atoms with Gasteiger partial charge in [0.1, 0.15) is 0 Å². The van der Waals surface area contributed by atoms with Gasteiger partial charge in [-0.25, -0.2) is 0 Å². The van der Waals surface area contributed by atoms with E-state index in [4.69, 9.17) is 17.2 Å². The van der Waals surface area contributed by atoms with E-state index in [9.17, 15) is 0 Å². The summed E-state index contributed by atoms with van der Waals surface area (Å²) in [6, 6.07) is 1.77. The van der Waals surface area contributed by atoms with Crippen LogP contribution in [0.1, 0.15) is 5.69 Å². The first-order valence-corrected chi connectivity index (χ1v) is 3.93. The molecule has 0 aliphatic heterocycles. The van der Waals surface area contributed by atoms with Gasteiger partial charge in [-0.2, -0.15) is 15.1 Å². The Balaban J connectivity index is 2.92.